The molecule has 0 aliphatic rings. The standard InChI is InChI=1S/C17H11ClFN3/c18-13-8-6-12(7-9-13)16-15(10-11-20)17(19)22(21-16)14-4-2-1-3-5-14/h1-9H,10H2. The van der Waals surface area contributed by atoms with Crippen molar-refractivity contribution in [1.29, 1.82) is 5.26 Å². The molecule has 0 amide bonds. The van der Waals surface area contributed by atoms with Gasteiger partial charge in [-0.1, -0.05) is 41.9 Å². The van der Waals surface area contributed by atoms with Crippen LogP contribution in [0.3, 0.4) is 0 Å². The molecule has 0 unspecified atom stereocenters. The first kappa shape index (κ1) is 14.3. The number of hydrogen-bond donors (Lipinski definition) is 0. The van der Waals surface area contributed by atoms with Crippen LogP contribution < -0.4 is 0 Å². The number of nitrogens with zero attached hydrogens (tertiary/aromatic N) is 3. The van der Waals surface area contributed by atoms with E-state index in [0.717, 1.165) is 5.56 Å². The highest BCUT2D eigenvalue weighted by atomic mass is 35.5. The van der Waals surface area contributed by atoms with Gasteiger partial charge in [-0.05, 0) is 24.3 Å². The van der Waals surface area contributed by atoms with E-state index in [-0.39, 0.29) is 12.0 Å². The summed E-state index contributed by atoms with van der Waals surface area (Å²) < 4.78 is 15.9. The van der Waals surface area contributed by atoms with Crippen molar-refractivity contribution in [2.45, 2.75) is 6.42 Å². The van der Waals surface area contributed by atoms with Crippen molar-refractivity contribution >= 4 is 11.6 Å². The number of halogens is 2. The van der Waals surface area contributed by atoms with Crippen LogP contribution in [0.4, 0.5) is 4.39 Å². The number of hydrogen-bond acceptors (Lipinski definition) is 2. The van der Waals surface area contributed by atoms with E-state index >= 15 is 0 Å². The van der Waals surface area contributed by atoms with E-state index in [1.54, 1.807) is 36.4 Å². The molecule has 0 fully saturated rings. The van der Waals surface area contributed by atoms with Crippen molar-refractivity contribution in [3.8, 4) is 23.0 Å². The molecule has 5 heteroatoms. The zero-order chi connectivity index (χ0) is 15.5. The molecule has 0 N–H and O–H groups in total. The van der Waals surface area contributed by atoms with Gasteiger partial charge in [0.25, 0.3) is 0 Å². The highest BCUT2D eigenvalue weighted by Crippen LogP contribution is 2.28. The van der Waals surface area contributed by atoms with E-state index in [1.165, 1.54) is 4.68 Å². The molecular formula is C17H11ClFN3. The number of nitriles is 1. The molecule has 0 saturated carbocycles. The minimum atomic E-state index is -0.516. The van der Waals surface area contributed by atoms with E-state index in [4.69, 9.17) is 16.9 Å². The molecule has 0 aliphatic heterocycles. The maximum atomic E-state index is 14.7. The maximum Gasteiger partial charge on any atom is 0.221 e. The second-order valence-electron chi connectivity index (χ2n) is 4.71. The monoisotopic (exact) mass is 311 g/mol. The SMILES string of the molecule is N#CCc1c(-c2ccc(Cl)cc2)nn(-c2ccccc2)c1F. The van der Waals surface area contributed by atoms with E-state index < -0.39 is 5.95 Å². The molecule has 0 atom stereocenters. The quantitative estimate of drug-likeness (QED) is 0.719. The summed E-state index contributed by atoms with van der Waals surface area (Å²) in [7, 11) is 0. The molecule has 108 valence electrons. The van der Waals surface area contributed by atoms with Crippen LogP contribution in [0.15, 0.2) is 54.6 Å². The third kappa shape index (κ3) is 2.59. The molecule has 0 aliphatic carbocycles. The van der Waals surface area contributed by atoms with E-state index in [2.05, 4.69) is 5.10 Å². The fraction of sp³-hybridized carbons (Fsp3) is 0.0588. The maximum absolute atomic E-state index is 14.7. The Balaban J connectivity index is 2.18. The Bertz CT molecular complexity index is 833. The van der Waals surface area contributed by atoms with Crippen LogP contribution in [0.5, 0.6) is 0 Å². The largest absolute Gasteiger partial charge is 0.221 e. The summed E-state index contributed by atoms with van der Waals surface area (Å²) in [5.41, 5.74) is 2.08. The molecule has 0 spiro atoms. The summed E-state index contributed by atoms with van der Waals surface area (Å²) in [6, 6.07) is 17.9. The van der Waals surface area contributed by atoms with E-state index in [0.29, 0.717) is 16.4 Å². The lowest BCUT2D eigenvalue weighted by Crippen LogP contribution is -2.00. The van der Waals surface area contributed by atoms with Gasteiger partial charge in [0.2, 0.25) is 5.95 Å². The Labute approximate surface area is 132 Å². The van der Waals surface area contributed by atoms with Crippen molar-refractivity contribution in [2.24, 2.45) is 0 Å². The van der Waals surface area contributed by atoms with Crippen molar-refractivity contribution in [3.05, 3.63) is 71.1 Å². The fourth-order valence-electron chi connectivity index (χ4n) is 2.25. The van der Waals surface area contributed by atoms with Gasteiger partial charge in [-0.2, -0.15) is 14.8 Å². The van der Waals surface area contributed by atoms with Gasteiger partial charge in [-0.3, -0.25) is 0 Å². The minimum Gasteiger partial charge on any atom is -0.206 e. The van der Waals surface area contributed by atoms with Gasteiger partial charge in [0.05, 0.1) is 18.2 Å². The molecular weight excluding hydrogens is 301 g/mol. The molecule has 22 heavy (non-hydrogen) atoms. The van der Waals surface area contributed by atoms with Crippen molar-refractivity contribution in [1.82, 2.24) is 9.78 Å². The van der Waals surface area contributed by atoms with Gasteiger partial charge < -0.3 is 0 Å². The molecule has 2 aromatic carbocycles. The summed E-state index contributed by atoms with van der Waals surface area (Å²) in [5.74, 6) is -0.516. The van der Waals surface area contributed by atoms with Crippen LogP contribution in [0.25, 0.3) is 16.9 Å². The number of para-hydroxylation sites is 1. The van der Waals surface area contributed by atoms with Gasteiger partial charge >= 0.3 is 0 Å². The smallest absolute Gasteiger partial charge is 0.206 e. The first-order chi connectivity index (χ1) is 10.7. The predicted octanol–water partition coefficient (Wildman–Crippen LogP) is 4.40. The van der Waals surface area contributed by atoms with Gasteiger partial charge in [-0.25, -0.2) is 4.68 Å². The third-order valence-electron chi connectivity index (χ3n) is 3.30. The topological polar surface area (TPSA) is 41.6 Å². The van der Waals surface area contributed by atoms with Crippen molar-refractivity contribution in [3.63, 3.8) is 0 Å². The summed E-state index contributed by atoms with van der Waals surface area (Å²) in [6.45, 7) is 0. The summed E-state index contributed by atoms with van der Waals surface area (Å²) in [5, 5.41) is 13.9. The summed E-state index contributed by atoms with van der Waals surface area (Å²) in [4.78, 5) is 0. The second kappa shape index (κ2) is 6.00. The van der Waals surface area contributed by atoms with Gasteiger partial charge in [0, 0.05) is 16.1 Å². The molecule has 1 heterocycles. The average molecular weight is 312 g/mol. The average Bonchev–Trinajstić information content (AvgIpc) is 2.87. The lowest BCUT2D eigenvalue weighted by Gasteiger charge is -2.01. The molecule has 3 aromatic rings. The molecule has 3 nitrogen and oxygen atoms in total. The zero-order valence-corrected chi connectivity index (χ0v) is 12.3. The van der Waals surface area contributed by atoms with Crippen LogP contribution in [-0.2, 0) is 6.42 Å². The van der Waals surface area contributed by atoms with Crippen molar-refractivity contribution in [2.75, 3.05) is 0 Å². The molecule has 1 aromatic heterocycles. The van der Waals surface area contributed by atoms with E-state index in [9.17, 15) is 4.39 Å². The molecule has 0 saturated heterocycles. The third-order valence-corrected chi connectivity index (χ3v) is 3.55. The highest BCUT2D eigenvalue weighted by Gasteiger charge is 2.19. The Morgan fingerprint density at radius 3 is 2.41 bits per heavy atom. The number of rotatable bonds is 3. The molecule has 0 radical (unpaired) electrons. The second-order valence-corrected chi connectivity index (χ2v) is 5.14. The fourth-order valence-corrected chi connectivity index (χ4v) is 2.37. The Morgan fingerprint density at radius 2 is 1.77 bits per heavy atom. The molecule has 0 bridgehead atoms. The number of aromatic nitrogens is 2. The molecule has 3 rings (SSSR count). The summed E-state index contributed by atoms with van der Waals surface area (Å²) >= 11 is 5.88. The van der Waals surface area contributed by atoms with E-state index in [1.807, 2.05) is 24.3 Å². The normalized spacial score (nSPS) is 10.4. The Kier molecular flexibility index (Phi) is 3.90. The minimum absolute atomic E-state index is 0.0450. The van der Waals surface area contributed by atoms with Gasteiger partial charge in [-0.15, -0.1) is 0 Å². The van der Waals surface area contributed by atoms with Crippen LogP contribution in [0.1, 0.15) is 5.56 Å². The Morgan fingerprint density at radius 1 is 1.09 bits per heavy atom. The van der Waals surface area contributed by atoms with Crippen LogP contribution in [-0.4, -0.2) is 9.78 Å². The zero-order valence-electron chi connectivity index (χ0n) is 11.5. The predicted molar refractivity (Wildman–Crippen MR) is 83.3 cm³/mol. The van der Waals surface area contributed by atoms with Crippen molar-refractivity contribution < 1.29 is 4.39 Å². The lowest BCUT2D eigenvalue weighted by molar-refractivity contribution is 0.529. The van der Waals surface area contributed by atoms with Crippen LogP contribution in [0, 0.1) is 17.3 Å². The van der Waals surface area contributed by atoms with Gasteiger partial charge in [0.1, 0.15) is 5.69 Å². The van der Waals surface area contributed by atoms with Gasteiger partial charge in [0.15, 0.2) is 0 Å². The first-order valence-electron chi connectivity index (χ1n) is 6.66. The highest BCUT2D eigenvalue weighted by molar-refractivity contribution is 6.30. The van der Waals surface area contributed by atoms with Crippen LogP contribution >= 0.6 is 11.6 Å². The van der Waals surface area contributed by atoms with Crippen LogP contribution in [0.2, 0.25) is 5.02 Å². The Hall–Kier alpha value is -2.64. The lowest BCUT2D eigenvalue weighted by atomic mass is 10.1. The number of benzene rings is 2. The summed E-state index contributed by atoms with van der Waals surface area (Å²) in [6.07, 6.45) is -0.0450. The first-order valence-corrected chi connectivity index (χ1v) is 7.04.